The summed E-state index contributed by atoms with van der Waals surface area (Å²) in [5.41, 5.74) is 1.26. The van der Waals surface area contributed by atoms with Gasteiger partial charge in [0, 0.05) is 19.2 Å². The Labute approximate surface area is 123 Å². The minimum absolute atomic E-state index is 0.329. The van der Waals surface area contributed by atoms with Gasteiger partial charge in [0.15, 0.2) is 0 Å². The van der Waals surface area contributed by atoms with Crippen LogP contribution < -0.4 is 10.1 Å². The minimum Gasteiger partial charge on any atom is -0.496 e. The van der Waals surface area contributed by atoms with Gasteiger partial charge >= 0.3 is 0 Å². The molecule has 0 saturated carbocycles. The van der Waals surface area contributed by atoms with Crippen molar-refractivity contribution in [3.8, 4) is 5.75 Å². The molecule has 0 spiro atoms. The second-order valence-electron chi connectivity index (χ2n) is 5.15. The van der Waals surface area contributed by atoms with E-state index in [1.807, 2.05) is 6.07 Å². The van der Waals surface area contributed by atoms with Gasteiger partial charge in [0.05, 0.1) is 17.7 Å². The van der Waals surface area contributed by atoms with E-state index in [4.69, 9.17) is 9.47 Å². The molecule has 0 amide bonds. The van der Waals surface area contributed by atoms with E-state index in [0.717, 1.165) is 29.8 Å². The maximum Gasteiger partial charge on any atom is 0.133 e. The van der Waals surface area contributed by atoms with E-state index in [1.165, 1.54) is 5.56 Å². The van der Waals surface area contributed by atoms with E-state index >= 15 is 0 Å². The molecule has 1 aliphatic heterocycles. The Bertz CT molecular complexity index is 425. The average molecular weight is 328 g/mol. The fourth-order valence-electron chi connectivity index (χ4n) is 2.44. The minimum atomic E-state index is 0.329. The molecular formula is C15H22BrNO2. The van der Waals surface area contributed by atoms with Crippen LogP contribution in [0, 0.1) is 5.92 Å². The molecule has 1 aliphatic rings. The summed E-state index contributed by atoms with van der Waals surface area (Å²) in [6, 6.07) is 6.55. The molecule has 3 unspecified atom stereocenters. The maximum absolute atomic E-state index is 5.59. The second-order valence-corrected chi connectivity index (χ2v) is 6.00. The van der Waals surface area contributed by atoms with Crippen LogP contribution in [0.3, 0.4) is 0 Å². The first-order valence-corrected chi connectivity index (χ1v) is 7.59. The van der Waals surface area contributed by atoms with Crippen molar-refractivity contribution in [1.29, 1.82) is 0 Å². The first-order chi connectivity index (χ1) is 9.11. The fraction of sp³-hybridized carbons (Fsp3) is 0.600. The molecule has 0 radical (unpaired) electrons. The molecule has 106 valence electrons. The quantitative estimate of drug-likeness (QED) is 0.897. The standard InChI is InChI=1S/C15H22BrNO2/c1-10(17-9-13-6-7-19-11(13)2)12-4-5-15(18-3)14(16)8-12/h4-5,8,10-11,13,17H,6-7,9H2,1-3H3. The second kappa shape index (κ2) is 6.73. The summed E-state index contributed by atoms with van der Waals surface area (Å²) in [5, 5.41) is 3.59. The van der Waals surface area contributed by atoms with Crippen LogP contribution >= 0.6 is 15.9 Å². The summed E-state index contributed by atoms with van der Waals surface area (Å²) >= 11 is 3.53. The monoisotopic (exact) mass is 327 g/mol. The number of rotatable bonds is 5. The normalized spacial score (nSPS) is 24.4. The van der Waals surface area contributed by atoms with Crippen LogP contribution in [0.25, 0.3) is 0 Å². The highest BCUT2D eigenvalue weighted by Gasteiger charge is 2.24. The third kappa shape index (κ3) is 3.71. The number of ether oxygens (including phenoxy) is 2. The first-order valence-electron chi connectivity index (χ1n) is 6.80. The van der Waals surface area contributed by atoms with Gasteiger partial charge < -0.3 is 14.8 Å². The number of nitrogens with one attached hydrogen (secondary N) is 1. The molecule has 1 aromatic rings. The molecule has 3 nitrogen and oxygen atoms in total. The zero-order chi connectivity index (χ0) is 13.8. The van der Waals surface area contributed by atoms with Crippen molar-refractivity contribution < 1.29 is 9.47 Å². The summed E-state index contributed by atoms with van der Waals surface area (Å²) in [7, 11) is 1.68. The van der Waals surface area contributed by atoms with E-state index in [-0.39, 0.29) is 0 Å². The summed E-state index contributed by atoms with van der Waals surface area (Å²) < 4.78 is 11.8. The zero-order valence-electron chi connectivity index (χ0n) is 11.8. The SMILES string of the molecule is COc1ccc(C(C)NCC2CCOC2C)cc1Br. The number of hydrogen-bond donors (Lipinski definition) is 1. The van der Waals surface area contributed by atoms with Gasteiger partial charge in [0.25, 0.3) is 0 Å². The smallest absolute Gasteiger partial charge is 0.133 e. The van der Waals surface area contributed by atoms with Gasteiger partial charge in [-0.15, -0.1) is 0 Å². The Morgan fingerprint density at radius 2 is 2.32 bits per heavy atom. The predicted molar refractivity (Wildman–Crippen MR) is 80.6 cm³/mol. The maximum atomic E-state index is 5.59. The number of halogens is 1. The Balaban J connectivity index is 1.92. The van der Waals surface area contributed by atoms with Crippen molar-refractivity contribution in [2.24, 2.45) is 5.92 Å². The van der Waals surface area contributed by atoms with Crippen molar-refractivity contribution in [3.63, 3.8) is 0 Å². The van der Waals surface area contributed by atoms with Crippen LogP contribution in [0.5, 0.6) is 5.75 Å². The lowest BCUT2D eigenvalue weighted by molar-refractivity contribution is 0.105. The lowest BCUT2D eigenvalue weighted by atomic mass is 10.0. The van der Waals surface area contributed by atoms with Crippen LogP contribution in [0.15, 0.2) is 22.7 Å². The van der Waals surface area contributed by atoms with Crippen LogP contribution in [-0.4, -0.2) is 26.4 Å². The largest absolute Gasteiger partial charge is 0.496 e. The summed E-state index contributed by atoms with van der Waals surface area (Å²) in [5.74, 6) is 1.50. The first kappa shape index (κ1) is 14.8. The van der Waals surface area contributed by atoms with Gasteiger partial charge in [-0.1, -0.05) is 6.07 Å². The molecule has 1 N–H and O–H groups in total. The van der Waals surface area contributed by atoms with Gasteiger partial charge in [-0.05, 0) is 59.8 Å². The van der Waals surface area contributed by atoms with Crippen molar-refractivity contribution in [3.05, 3.63) is 28.2 Å². The molecule has 1 saturated heterocycles. The Kier molecular flexibility index (Phi) is 5.25. The highest BCUT2D eigenvalue weighted by molar-refractivity contribution is 9.10. The molecule has 0 aromatic heterocycles. The van der Waals surface area contributed by atoms with Crippen molar-refractivity contribution in [2.45, 2.75) is 32.4 Å². The molecule has 4 heteroatoms. The fourth-order valence-corrected chi connectivity index (χ4v) is 3.00. The van der Waals surface area contributed by atoms with Crippen LogP contribution in [0.2, 0.25) is 0 Å². The molecule has 1 heterocycles. The molecule has 0 aliphatic carbocycles. The third-order valence-electron chi connectivity index (χ3n) is 3.90. The summed E-state index contributed by atoms with van der Waals surface area (Å²) in [6.07, 6.45) is 1.54. The number of benzene rings is 1. The van der Waals surface area contributed by atoms with E-state index in [2.05, 4.69) is 47.2 Å². The average Bonchev–Trinajstić information content (AvgIpc) is 2.81. The lowest BCUT2D eigenvalue weighted by Crippen LogP contribution is -2.29. The summed E-state index contributed by atoms with van der Waals surface area (Å²) in [4.78, 5) is 0. The van der Waals surface area contributed by atoms with Crippen LogP contribution in [0.1, 0.15) is 31.9 Å². The van der Waals surface area contributed by atoms with Gasteiger partial charge in [-0.2, -0.15) is 0 Å². The molecule has 2 rings (SSSR count). The van der Waals surface area contributed by atoms with Crippen molar-refractivity contribution in [1.82, 2.24) is 5.32 Å². The van der Waals surface area contributed by atoms with E-state index in [1.54, 1.807) is 7.11 Å². The molecule has 3 atom stereocenters. The van der Waals surface area contributed by atoms with E-state index in [9.17, 15) is 0 Å². The zero-order valence-corrected chi connectivity index (χ0v) is 13.4. The molecule has 1 fully saturated rings. The molecule has 0 bridgehead atoms. The van der Waals surface area contributed by atoms with Crippen LogP contribution in [-0.2, 0) is 4.74 Å². The Morgan fingerprint density at radius 3 is 2.89 bits per heavy atom. The van der Waals surface area contributed by atoms with Crippen LogP contribution in [0.4, 0.5) is 0 Å². The van der Waals surface area contributed by atoms with Gasteiger partial charge in [-0.25, -0.2) is 0 Å². The van der Waals surface area contributed by atoms with Gasteiger partial charge in [-0.3, -0.25) is 0 Å². The topological polar surface area (TPSA) is 30.5 Å². The number of methoxy groups -OCH3 is 1. The van der Waals surface area contributed by atoms with Gasteiger partial charge in [0.2, 0.25) is 0 Å². The molecule has 1 aromatic carbocycles. The lowest BCUT2D eigenvalue weighted by Gasteiger charge is -2.20. The Morgan fingerprint density at radius 1 is 1.53 bits per heavy atom. The van der Waals surface area contributed by atoms with Gasteiger partial charge in [0.1, 0.15) is 5.75 Å². The highest BCUT2D eigenvalue weighted by atomic mass is 79.9. The van der Waals surface area contributed by atoms with Crippen molar-refractivity contribution in [2.75, 3.05) is 20.3 Å². The van der Waals surface area contributed by atoms with E-state index in [0.29, 0.717) is 18.1 Å². The van der Waals surface area contributed by atoms with Crippen molar-refractivity contribution >= 4 is 15.9 Å². The summed E-state index contributed by atoms with van der Waals surface area (Å²) in [6.45, 7) is 6.25. The highest BCUT2D eigenvalue weighted by Crippen LogP contribution is 2.28. The predicted octanol–water partition coefficient (Wildman–Crippen LogP) is 3.53. The Hall–Kier alpha value is -0.580. The van der Waals surface area contributed by atoms with E-state index < -0.39 is 0 Å². The molecular weight excluding hydrogens is 306 g/mol. The number of hydrogen-bond acceptors (Lipinski definition) is 3. The molecule has 19 heavy (non-hydrogen) atoms. The third-order valence-corrected chi connectivity index (χ3v) is 4.52.